The van der Waals surface area contributed by atoms with Crippen LogP contribution in [0.1, 0.15) is 0 Å². The quantitative estimate of drug-likeness (QED) is 0.428. The van der Waals surface area contributed by atoms with Crippen molar-refractivity contribution in [2.75, 3.05) is 0 Å². The van der Waals surface area contributed by atoms with Gasteiger partial charge in [-0.05, 0) is 6.16 Å². The molecule has 0 saturated heterocycles. The van der Waals surface area contributed by atoms with Gasteiger partial charge in [-0.25, -0.2) is 0 Å². The maximum atomic E-state index is 8.33. The first-order valence-corrected chi connectivity index (χ1v) is 0.612. The summed E-state index contributed by atoms with van der Waals surface area (Å²) in [6, 6.07) is 0. The van der Waals surface area contributed by atoms with Crippen molar-refractivity contribution in [3.63, 3.8) is 0 Å². The van der Waals surface area contributed by atoms with Crippen LogP contribution in [-0.4, -0.2) is 17.1 Å². The standard InChI is InChI=1S/CH2O3.2Co.2H2O/c2-1(3)4;;;;/h(H2,2,3,4);;;2*1H2/q;2*+2;;/p-4. The van der Waals surface area contributed by atoms with Crippen LogP contribution in [0.2, 0.25) is 0 Å². The molecule has 0 aliphatic carbocycles. The molecule has 0 saturated carbocycles. The van der Waals surface area contributed by atoms with Gasteiger partial charge in [0, 0.05) is 0 Å². The molecule has 0 fully saturated rings. The zero-order valence-corrected chi connectivity index (χ0v) is 5.37. The van der Waals surface area contributed by atoms with E-state index in [9.17, 15) is 0 Å². The topological polar surface area (TPSA) is 123 Å². The maximum Gasteiger partial charge on any atom is 2.00 e. The predicted molar refractivity (Wildman–Crippen MR) is 9.27 cm³/mol. The van der Waals surface area contributed by atoms with Gasteiger partial charge in [-0.2, -0.15) is 0 Å². The van der Waals surface area contributed by atoms with Crippen LogP contribution in [0, 0.1) is 0 Å². The Bertz CT molecular complexity index is 33.4. The van der Waals surface area contributed by atoms with Crippen LogP contribution in [0.3, 0.4) is 0 Å². The molecule has 2 radical (unpaired) electrons. The molecule has 0 amide bonds. The second-order valence-corrected chi connectivity index (χ2v) is 0.250. The van der Waals surface area contributed by atoms with Gasteiger partial charge in [0.05, 0.1) is 0 Å². The normalized spacial score (nSPS) is 3.00. The average molecular weight is 212 g/mol. The van der Waals surface area contributed by atoms with Gasteiger partial charge >= 0.3 is 33.6 Å². The molecule has 0 aliphatic heterocycles. The third-order valence-corrected chi connectivity index (χ3v) is 0. The Balaban J connectivity index is -0.00000000750. The van der Waals surface area contributed by atoms with Crippen molar-refractivity contribution in [1.82, 2.24) is 0 Å². The van der Waals surface area contributed by atoms with Gasteiger partial charge in [-0.1, -0.05) is 0 Å². The summed E-state index contributed by atoms with van der Waals surface area (Å²) in [5, 5.41) is 16.7. The molecule has 5 nitrogen and oxygen atoms in total. The zero-order valence-electron chi connectivity index (χ0n) is 3.29. The van der Waals surface area contributed by atoms with Crippen LogP contribution < -0.4 is 10.2 Å². The van der Waals surface area contributed by atoms with Crippen molar-refractivity contribution in [1.29, 1.82) is 0 Å². The van der Waals surface area contributed by atoms with Gasteiger partial charge in [0.15, 0.2) is 0 Å². The van der Waals surface area contributed by atoms with Crippen molar-refractivity contribution >= 4 is 6.16 Å². The fourth-order valence-electron chi connectivity index (χ4n) is 0. The summed E-state index contributed by atoms with van der Waals surface area (Å²) in [5.74, 6) is 0. The van der Waals surface area contributed by atoms with E-state index in [1.165, 1.54) is 0 Å². The molecule has 0 atom stereocenters. The van der Waals surface area contributed by atoms with Gasteiger partial charge in [0.2, 0.25) is 0 Å². The van der Waals surface area contributed by atoms with E-state index in [0.717, 1.165) is 0 Å². The largest absolute Gasteiger partial charge is 2.00 e. The first-order chi connectivity index (χ1) is 1.73. The van der Waals surface area contributed by atoms with Crippen molar-refractivity contribution < 1.29 is 59.5 Å². The van der Waals surface area contributed by atoms with E-state index in [1.807, 2.05) is 0 Å². The third-order valence-electron chi connectivity index (χ3n) is 0. The molecule has 0 rings (SSSR count). The Morgan fingerprint density at radius 3 is 1.00 bits per heavy atom. The van der Waals surface area contributed by atoms with Crippen molar-refractivity contribution in [3.8, 4) is 0 Å². The summed E-state index contributed by atoms with van der Waals surface area (Å²) in [5.41, 5.74) is 0. The third kappa shape index (κ3) is 4080. The Labute approximate surface area is 66.1 Å². The van der Waals surface area contributed by atoms with Crippen LogP contribution in [0.4, 0.5) is 4.79 Å². The smallest absolute Gasteiger partial charge is 0.870 e. The van der Waals surface area contributed by atoms with Crippen LogP contribution in [0.5, 0.6) is 0 Å². The summed E-state index contributed by atoms with van der Waals surface area (Å²) in [7, 11) is 0. The van der Waals surface area contributed by atoms with Gasteiger partial charge in [0.1, 0.15) is 0 Å². The Hall–Kier alpha value is 0.203. The van der Waals surface area contributed by atoms with Gasteiger partial charge in [-0.15, -0.1) is 0 Å². The van der Waals surface area contributed by atoms with E-state index in [-0.39, 0.29) is 44.5 Å². The number of carbonyl (C=O) groups is 1. The monoisotopic (exact) mass is 212 g/mol. The number of carboxylic acid groups (broad SMARTS) is 2. The van der Waals surface area contributed by atoms with E-state index in [2.05, 4.69) is 0 Å². The molecule has 0 aromatic carbocycles. The first kappa shape index (κ1) is 41.5. The van der Waals surface area contributed by atoms with Crippen LogP contribution in [-0.2, 0) is 33.6 Å². The Kier molecular flexibility index (Phi) is 140. The van der Waals surface area contributed by atoms with Crippen LogP contribution >= 0.6 is 0 Å². The number of carbonyl (C=O) groups excluding carboxylic acids is 1. The van der Waals surface area contributed by atoms with Gasteiger partial charge < -0.3 is 26.0 Å². The number of hydrogen-bond donors (Lipinski definition) is 0. The molecule has 8 heavy (non-hydrogen) atoms. The van der Waals surface area contributed by atoms with E-state index >= 15 is 0 Å². The fourth-order valence-corrected chi connectivity index (χ4v) is 0. The molecular formula is CH2Co2O5. The van der Waals surface area contributed by atoms with E-state index in [0.29, 0.717) is 0 Å². The van der Waals surface area contributed by atoms with E-state index in [4.69, 9.17) is 15.0 Å². The summed E-state index contributed by atoms with van der Waals surface area (Å²) in [6.45, 7) is 0. The molecule has 0 spiro atoms. The van der Waals surface area contributed by atoms with Gasteiger partial charge in [0.25, 0.3) is 0 Å². The zero-order chi connectivity index (χ0) is 3.58. The minimum atomic E-state index is -2.33. The van der Waals surface area contributed by atoms with Crippen LogP contribution in [0.25, 0.3) is 0 Å². The molecular weight excluding hydrogens is 210 g/mol. The average Bonchev–Trinajstić information content (AvgIpc) is 0.811. The number of hydrogen-bond acceptors (Lipinski definition) is 5. The Morgan fingerprint density at radius 1 is 1.00 bits per heavy atom. The summed E-state index contributed by atoms with van der Waals surface area (Å²) in [4.78, 5) is 8.33. The molecule has 0 unspecified atom stereocenters. The first-order valence-electron chi connectivity index (χ1n) is 0.612. The van der Waals surface area contributed by atoms with E-state index < -0.39 is 6.16 Å². The van der Waals surface area contributed by atoms with Crippen LogP contribution in [0.15, 0.2) is 0 Å². The number of rotatable bonds is 0. The molecule has 0 heterocycles. The molecule has 2 N–H and O–H groups in total. The summed E-state index contributed by atoms with van der Waals surface area (Å²) in [6.07, 6.45) is -2.33. The van der Waals surface area contributed by atoms with Crippen molar-refractivity contribution in [2.24, 2.45) is 0 Å². The molecule has 54 valence electrons. The van der Waals surface area contributed by atoms with Crippen molar-refractivity contribution in [2.45, 2.75) is 0 Å². The summed E-state index contributed by atoms with van der Waals surface area (Å²) >= 11 is 0. The van der Waals surface area contributed by atoms with Gasteiger partial charge in [-0.3, -0.25) is 0 Å². The predicted octanol–water partition coefficient (Wildman–Crippen LogP) is -2.81. The second kappa shape index (κ2) is 27.0. The van der Waals surface area contributed by atoms with E-state index in [1.54, 1.807) is 0 Å². The minimum Gasteiger partial charge on any atom is -0.870 e. The van der Waals surface area contributed by atoms with Crippen molar-refractivity contribution in [3.05, 3.63) is 0 Å². The fraction of sp³-hybridized carbons (Fsp3) is 0. The molecule has 7 heteroatoms. The Morgan fingerprint density at radius 2 is 1.00 bits per heavy atom. The SMILES string of the molecule is O=C([O-])[O-].[Co+2].[Co+2].[OH-].[OH-]. The molecule has 0 aromatic heterocycles. The molecule has 0 bridgehead atoms. The summed E-state index contributed by atoms with van der Waals surface area (Å²) < 4.78 is 0. The maximum absolute atomic E-state index is 8.33. The molecule has 0 aliphatic rings. The molecule has 0 aromatic rings. The minimum absolute atomic E-state index is 0. The second-order valence-electron chi connectivity index (χ2n) is 0.250.